The smallest absolute Gasteiger partial charge is 0.354 e. The van der Waals surface area contributed by atoms with E-state index in [9.17, 15) is 20.6 Å². The van der Waals surface area contributed by atoms with Crippen LogP contribution in [0.15, 0.2) is 39.5 Å². The molecule has 5 heteroatoms. The van der Waals surface area contributed by atoms with Crippen LogP contribution in [0.4, 0.5) is 0 Å². The number of hydrogen-bond donors (Lipinski definition) is 0. The van der Waals surface area contributed by atoms with Gasteiger partial charge in [0.15, 0.2) is 0 Å². The number of hydrogen-bond acceptors (Lipinski definition) is 5. The second-order valence-corrected chi connectivity index (χ2v) is 5.10. The molecule has 0 bridgehead atoms. The maximum absolute atomic E-state index is 11.8. The lowest BCUT2D eigenvalue weighted by Gasteiger charge is -2.22. The Hall–Kier alpha value is -3.36. The van der Waals surface area contributed by atoms with Gasteiger partial charge < -0.3 is 4.42 Å². The molecule has 5 nitrogen and oxygen atoms in total. The first-order valence-corrected chi connectivity index (χ1v) is 6.93. The summed E-state index contributed by atoms with van der Waals surface area (Å²) in [6.07, 6.45) is 0. The van der Waals surface area contributed by atoms with E-state index in [0.29, 0.717) is 16.9 Å². The molecule has 0 N–H and O–H groups in total. The summed E-state index contributed by atoms with van der Waals surface area (Å²) in [6.45, 7) is 3.24. The Morgan fingerprint density at radius 1 is 1.04 bits per heavy atom. The van der Waals surface area contributed by atoms with E-state index in [0.717, 1.165) is 5.56 Å². The van der Waals surface area contributed by atoms with Crippen molar-refractivity contribution in [3.8, 4) is 18.2 Å². The van der Waals surface area contributed by atoms with E-state index in [1.54, 1.807) is 13.8 Å². The van der Waals surface area contributed by atoms with E-state index in [1.807, 2.05) is 48.5 Å². The summed E-state index contributed by atoms with van der Waals surface area (Å²) in [5, 5.41) is 27.9. The van der Waals surface area contributed by atoms with Gasteiger partial charge in [0, 0.05) is 11.5 Å². The highest BCUT2D eigenvalue weighted by atomic mass is 16.4. The fraction of sp³-hybridized carbons (Fsp3) is 0.222. The monoisotopic (exact) mass is 303 g/mol. The molecular formula is C18H13N3O2. The van der Waals surface area contributed by atoms with Crippen LogP contribution in [0.5, 0.6) is 0 Å². The molecule has 23 heavy (non-hydrogen) atoms. The number of nitrogens with zero attached hydrogens (tertiary/aromatic N) is 3. The van der Waals surface area contributed by atoms with Crippen molar-refractivity contribution in [1.82, 2.24) is 0 Å². The highest BCUT2D eigenvalue weighted by Gasteiger charge is 2.30. The summed E-state index contributed by atoms with van der Waals surface area (Å²) in [7, 11) is 0. The Kier molecular flexibility index (Phi) is 4.60. The van der Waals surface area contributed by atoms with Gasteiger partial charge in [0.05, 0.1) is 12.1 Å². The van der Waals surface area contributed by atoms with Gasteiger partial charge in [0.1, 0.15) is 23.3 Å². The first-order valence-electron chi connectivity index (χ1n) is 6.93. The van der Waals surface area contributed by atoms with Crippen LogP contribution in [-0.2, 0) is 0 Å². The fourth-order valence-corrected chi connectivity index (χ4v) is 2.74. The molecule has 0 amide bonds. The topological polar surface area (TPSA) is 102 Å². The van der Waals surface area contributed by atoms with Gasteiger partial charge >= 0.3 is 5.63 Å². The molecule has 1 aromatic heterocycles. The minimum Gasteiger partial charge on any atom is -0.427 e. The summed E-state index contributed by atoms with van der Waals surface area (Å²) in [6, 6.07) is 14.9. The van der Waals surface area contributed by atoms with Crippen molar-refractivity contribution in [2.24, 2.45) is 5.92 Å². The lowest BCUT2D eigenvalue weighted by atomic mass is 9.79. The van der Waals surface area contributed by atoms with Crippen LogP contribution < -0.4 is 5.63 Å². The Morgan fingerprint density at radius 3 is 2.17 bits per heavy atom. The van der Waals surface area contributed by atoms with Crippen molar-refractivity contribution in [3.05, 3.63) is 68.8 Å². The van der Waals surface area contributed by atoms with Gasteiger partial charge in [0.25, 0.3) is 0 Å². The summed E-state index contributed by atoms with van der Waals surface area (Å²) in [5.41, 5.74) is 0.945. The third-order valence-electron chi connectivity index (χ3n) is 3.80. The van der Waals surface area contributed by atoms with Crippen LogP contribution in [-0.4, -0.2) is 0 Å². The SMILES string of the molecule is Cc1oc(=O)c(C#N)c(C)c1C(c1ccccc1)C(C#N)C#N. The van der Waals surface area contributed by atoms with Gasteiger partial charge in [-0.15, -0.1) is 0 Å². The van der Waals surface area contributed by atoms with Gasteiger partial charge in [0.2, 0.25) is 0 Å². The Labute approximate surface area is 133 Å². The molecule has 112 valence electrons. The van der Waals surface area contributed by atoms with Crippen LogP contribution >= 0.6 is 0 Å². The minimum atomic E-state index is -0.964. The maximum Gasteiger partial charge on any atom is 0.354 e. The normalized spacial score (nSPS) is 11.3. The summed E-state index contributed by atoms with van der Waals surface area (Å²) in [5.74, 6) is -1.24. The lowest BCUT2D eigenvalue weighted by Crippen LogP contribution is -2.19. The minimum absolute atomic E-state index is 0.0961. The first-order chi connectivity index (χ1) is 11.0. The van der Waals surface area contributed by atoms with Crippen molar-refractivity contribution in [2.45, 2.75) is 19.8 Å². The van der Waals surface area contributed by atoms with Crippen molar-refractivity contribution in [1.29, 1.82) is 15.8 Å². The molecule has 0 aliphatic rings. The van der Waals surface area contributed by atoms with E-state index in [4.69, 9.17) is 4.42 Å². The Balaban J connectivity index is 2.83. The van der Waals surface area contributed by atoms with E-state index in [-0.39, 0.29) is 5.56 Å². The first kappa shape index (κ1) is 16.0. The van der Waals surface area contributed by atoms with Crippen molar-refractivity contribution in [3.63, 3.8) is 0 Å². The molecule has 0 aliphatic heterocycles. The highest BCUT2D eigenvalue weighted by molar-refractivity contribution is 5.47. The quantitative estimate of drug-likeness (QED) is 0.867. The zero-order chi connectivity index (χ0) is 17.0. The highest BCUT2D eigenvalue weighted by Crippen LogP contribution is 2.35. The summed E-state index contributed by atoms with van der Waals surface area (Å²) >= 11 is 0. The van der Waals surface area contributed by atoms with E-state index < -0.39 is 17.5 Å². The molecule has 0 aliphatic carbocycles. The number of aryl methyl sites for hydroxylation is 1. The predicted octanol–water partition coefficient (Wildman–Crippen LogP) is 2.92. The Morgan fingerprint density at radius 2 is 1.65 bits per heavy atom. The van der Waals surface area contributed by atoms with Gasteiger partial charge in [-0.05, 0) is 25.0 Å². The van der Waals surface area contributed by atoms with Crippen LogP contribution in [0.2, 0.25) is 0 Å². The van der Waals surface area contributed by atoms with E-state index in [1.165, 1.54) is 0 Å². The number of nitriles is 3. The Bertz CT molecular complexity index is 895. The number of benzene rings is 1. The van der Waals surface area contributed by atoms with Gasteiger partial charge in [-0.3, -0.25) is 0 Å². The molecule has 2 rings (SSSR count). The standard InChI is InChI=1S/C18H13N3O2/c1-11-15(10-21)18(22)23-12(2)16(11)17(14(8-19)9-20)13-6-4-3-5-7-13/h3-7,14,17H,1-2H3. The molecule has 1 heterocycles. The second-order valence-electron chi connectivity index (χ2n) is 5.10. The second kappa shape index (κ2) is 6.60. The van der Waals surface area contributed by atoms with Crippen molar-refractivity contribution < 1.29 is 4.42 Å². The van der Waals surface area contributed by atoms with E-state index >= 15 is 0 Å². The zero-order valence-corrected chi connectivity index (χ0v) is 12.7. The zero-order valence-electron chi connectivity index (χ0n) is 12.7. The molecular weight excluding hydrogens is 290 g/mol. The molecule has 2 aromatic rings. The maximum atomic E-state index is 11.8. The molecule has 0 radical (unpaired) electrons. The molecule has 0 saturated heterocycles. The largest absolute Gasteiger partial charge is 0.427 e. The van der Waals surface area contributed by atoms with Crippen LogP contribution in [0.25, 0.3) is 0 Å². The fourth-order valence-electron chi connectivity index (χ4n) is 2.74. The van der Waals surface area contributed by atoms with Crippen LogP contribution in [0.1, 0.15) is 33.9 Å². The average Bonchev–Trinajstić information content (AvgIpc) is 2.55. The molecule has 1 atom stereocenters. The lowest BCUT2D eigenvalue weighted by molar-refractivity contribution is 0.461. The van der Waals surface area contributed by atoms with Crippen molar-refractivity contribution in [2.75, 3.05) is 0 Å². The van der Waals surface area contributed by atoms with E-state index in [2.05, 4.69) is 0 Å². The molecule has 0 saturated carbocycles. The third-order valence-corrected chi connectivity index (χ3v) is 3.80. The molecule has 0 spiro atoms. The van der Waals surface area contributed by atoms with Crippen LogP contribution in [0.3, 0.4) is 0 Å². The number of rotatable bonds is 3. The molecule has 0 fully saturated rings. The summed E-state index contributed by atoms with van der Waals surface area (Å²) in [4.78, 5) is 11.8. The van der Waals surface area contributed by atoms with Gasteiger partial charge in [-0.25, -0.2) is 4.79 Å². The van der Waals surface area contributed by atoms with Crippen LogP contribution in [0, 0.1) is 53.8 Å². The van der Waals surface area contributed by atoms with Gasteiger partial charge in [-0.1, -0.05) is 30.3 Å². The van der Waals surface area contributed by atoms with Gasteiger partial charge in [-0.2, -0.15) is 15.8 Å². The van der Waals surface area contributed by atoms with Crippen molar-refractivity contribution >= 4 is 0 Å². The molecule has 1 unspecified atom stereocenters. The predicted molar refractivity (Wildman–Crippen MR) is 82.2 cm³/mol. The molecule has 1 aromatic carbocycles. The average molecular weight is 303 g/mol. The third kappa shape index (κ3) is 2.84. The summed E-state index contributed by atoms with van der Waals surface area (Å²) < 4.78 is 5.16.